The molecule has 0 saturated heterocycles. The van der Waals surface area contributed by atoms with Gasteiger partial charge in [-0.3, -0.25) is 0 Å². The fourth-order valence-electron chi connectivity index (χ4n) is 1.30. The lowest BCUT2D eigenvalue weighted by Gasteiger charge is -1.90. The van der Waals surface area contributed by atoms with Gasteiger partial charge in [-0.1, -0.05) is 12.1 Å². The number of benzene rings is 1. The number of nitrogens with one attached hydrogen (secondary N) is 1. The van der Waals surface area contributed by atoms with Crippen molar-refractivity contribution in [3.05, 3.63) is 29.6 Å². The van der Waals surface area contributed by atoms with Crippen molar-refractivity contribution >= 4 is 18.9 Å². The molecule has 0 aliphatic rings. The van der Waals surface area contributed by atoms with Gasteiger partial charge in [0.1, 0.15) is 5.82 Å². The maximum absolute atomic E-state index is 8.88. The van der Waals surface area contributed by atoms with E-state index in [1.54, 1.807) is 0 Å². The third-order valence-corrected chi connectivity index (χ3v) is 1.83. The Morgan fingerprint density at radius 3 is 2.31 bits per heavy atom. The zero-order chi connectivity index (χ0) is 12.3. The number of rotatable bonds is 0. The maximum Gasteiger partial charge on any atom is 0.466 e. The second-order valence-electron chi connectivity index (χ2n) is 3.31. The molecule has 0 amide bonds. The molecule has 0 radical (unpaired) electrons. The molecule has 6 nitrogen and oxygen atoms in total. The first-order valence-electron chi connectivity index (χ1n) is 4.47. The summed E-state index contributed by atoms with van der Waals surface area (Å²) in [6, 6.07) is 6.15. The number of phosphoric acid groups is 1. The van der Waals surface area contributed by atoms with Crippen molar-refractivity contribution in [3.63, 3.8) is 0 Å². The van der Waals surface area contributed by atoms with Crippen LogP contribution in [0.1, 0.15) is 11.4 Å². The highest BCUT2D eigenvalue weighted by Gasteiger charge is 2.00. The normalized spacial score (nSPS) is 11.1. The van der Waals surface area contributed by atoms with E-state index in [1.165, 1.54) is 5.56 Å². The summed E-state index contributed by atoms with van der Waals surface area (Å²) in [6.07, 6.45) is 0. The molecular formula is C9H13N2O4P. The summed E-state index contributed by atoms with van der Waals surface area (Å²) in [6.45, 7) is 4.04. The van der Waals surface area contributed by atoms with E-state index in [9.17, 15) is 0 Å². The molecule has 2 aromatic rings. The van der Waals surface area contributed by atoms with Crippen molar-refractivity contribution < 1.29 is 19.2 Å². The molecule has 1 aromatic carbocycles. The van der Waals surface area contributed by atoms with Crippen LogP contribution in [0.15, 0.2) is 18.2 Å². The number of para-hydroxylation sites is 1. The third-order valence-electron chi connectivity index (χ3n) is 1.83. The predicted octanol–water partition coefficient (Wildman–Crippen LogP) is 1.25. The molecule has 0 saturated carbocycles. The Hall–Kier alpha value is -1.20. The summed E-state index contributed by atoms with van der Waals surface area (Å²) in [7, 11) is -4.64. The van der Waals surface area contributed by atoms with Crippen LogP contribution in [0, 0.1) is 13.8 Å². The molecule has 0 bridgehead atoms. The third kappa shape index (κ3) is 4.12. The Balaban J connectivity index is 0.000000221. The monoisotopic (exact) mass is 244 g/mol. The van der Waals surface area contributed by atoms with Crippen LogP contribution in [0.4, 0.5) is 0 Å². The predicted molar refractivity (Wildman–Crippen MR) is 59.8 cm³/mol. The van der Waals surface area contributed by atoms with Crippen LogP contribution in [0.5, 0.6) is 0 Å². The molecule has 0 aliphatic heterocycles. The zero-order valence-electron chi connectivity index (χ0n) is 8.88. The Labute approximate surface area is 92.2 Å². The van der Waals surface area contributed by atoms with E-state index in [4.69, 9.17) is 19.2 Å². The van der Waals surface area contributed by atoms with Crippen molar-refractivity contribution in [2.75, 3.05) is 0 Å². The fraction of sp³-hybridized carbons (Fsp3) is 0.222. The molecule has 0 unspecified atom stereocenters. The zero-order valence-corrected chi connectivity index (χ0v) is 9.77. The quantitative estimate of drug-likeness (QED) is 0.522. The van der Waals surface area contributed by atoms with Gasteiger partial charge < -0.3 is 19.7 Å². The summed E-state index contributed by atoms with van der Waals surface area (Å²) in [5.74, 6) is 0.981. The number of imidazole rings is 1. The standard InChI is InChI=1S/C9H10N2.H3O4P/c1-6-4-3-5-8-9(6)11-7(2)10-8;1-5(2,3)4/h3-5H,1-2H3,(H,10,11);(H3,1,2,3,4). The highest BCUT2D eigenvalue weighted by Crippen LogP contribution is 2.25. The van der Waals surface area contributed by atoms with Gasteiger partial charge >= 0.3 is 7.82 Å². The Morgan fingerprint density at radius 1 is 1.25 bits per heavy atom. The van der Waals surface area contributed by atoms with E-state index in [0.29, 0.717) is 0 Å². The van der Waals surface area contributed by atoms with Crippen LogP contribution >= 0.6 is 7.82 Å². The minimum atomic E-state index is -4.64. The molecule has 1 heterocycles. The molecule has 7 heteroatoms. The van der Waals surface area contributed by atoms with E-state index >= 15 is 0 Å². The molecular weight excluding hydrogens is 231 g/mol. The van der Waals surface area contributed by atoms with E-state index in [-0.39, 0.29) is 0 Å². The number of fused-ring (bicyclic) bond motifs is 1. The number of hydrogen-bond acceptors (Lipinski definition) is 2. The molecule has 4 N–H and O–H groups in total. The number of aryl methyl sites for hydroxylation is 2. The van der Waals surface area contributed by atoms with Crippen molar-refractivity contribution in [2.45, 2.75) is 13.8 Å². The minimum Gasteiger partial charge on any atom is -0.342 e. The van der Waals surface area contributed by atoms with E-state index < -0.39 is 7.82 Å². The van der Waals surface area contributed by atoms with Crippen LogP contribution < -0.4 is 0 Å². The number of nitrogens with zero attached hydrogens (tertiary/aromatic N) is 1. The van der Waals surface area contributed by atoms with Crippen molar-refractivity contribution in [2.24, 2.45) is 0 Å². The van der Waals surface area contributed by atoms with Gasteiger partial charge in [0, 0.05) is 0 Å². The van der Waals surface area contributed by atoms with Crippen molar-refractivity contribution in [3.8, 4) is 0 Å². The van der Waals surface area contributed by atoms with Crippen LogP contribution in [0.2, 0.25) is 0 Å². The summed E-state index contributed by atoms with van der Waals surface area (Å²) in [5.41, 5.74) is 3.44. The van der Waals surface area contributed by atoms with E-state index in [1.807, 2.05) is 19.1 Å². The Morgan fingerprint density at radius 2 is 1.81 bits per heavy atom. The van der Waals surface area contributed by atoms with Crippen molar-refractivity contribution in [1.29, 1.82) is 0 Å². The highest BCUT2D eigenvalue weighted by atomic mass is 31.2. The number of hydrogen-bond donors (Lipinski definition) is 4. The molecule has 0 spiro atoms. The maximum atomic E-state index is 8.88. The molecule has 88 valence electrons. The first-order valence-corrected chi connectivity index (χ1v) is 6.04. The smallest absolute Gasteiger partial charge is 0.342 e. The SMILES string of the molecule is Cc1nc2c(C)cccc2[nH]1.O=P(O)(O)O. The molecule has 1 aromatic heterocycles. The second-order valence-corrected chi connectivity index (χ2v) is 4.33. The second kappa shape index (κ2) is 4.76. The first-order chi connectivity index (χ1) is 7.27. The van der Waals surface area contributed by atoms with Gasteiger partial charge in [0.15, 0.2) is 0 Å². The number of aromatic amines is 1. The van der Waals surface area contributed by atoms with Crippen LogP contribution in [0.3, 0.4) is 0 Å². The van der Waals surface area contributed by atoms with Gasteiger partial charge in [-0.25, -0.2) is 9.55 Å². The lowest BCUT2D eigenvalue weighted by molar-refractivity contribution is 0.275. The van der Waals surface area contributed by atoms with Crippen LogP contribution in [0.25, 0.3) is 11.0 Å². The Bertz CT molecular complexity index is 523. The van der Waals surface area contributed by atoms with Gasteiger partial charge in [-0.05, 0) is 25.5 Å². The van der Waals surface area contributed by atoms with E-state index in [2.05, 4.69) is 23.0 Å². The van der Waals surface area contributed by atoms with Gasteiger partial charge in [0.25, 0.3) is 0 Å². The fourth-order valence-corrected chi connectivity index (χ4v) is 1.30. The molecule has 0 aliphatic carbocycles. The van der Waals surface area contributed by atoms with Gasteiger partial charge in [-0.2, -0.15) is 0 Å². The van der Waals surface area contributed by atoms with Crippen molar-refractivity contribution in [1.82, 2.24) is 9.97 Å². The largest absolute Gasteiger partial charge is 0.466 e. The average Bonchev–Trinajstić information content (AvgIpc) is 2.44. The summed E-state index contributed by atoms with van der Waals surface area (Å²) < 4.78 is 8.88. The minimum absolute atomic E-state index is 0.981. The number of H-pyrrole nitrogens is 1. The molecule has 2 rings (SSSR count). The lowest BCUT2D eigenvalue weighted by atomic mass is 10.2. The highest BCUT2D eigenvalue weighted by molar-refractivity contribution is 7.45. The van der Waals surface area contributed by atoms with Crippen LogP contribution in [-0.2, 0) is 4.57 Å². The van der Waals surface area contributed by atoms with Crippen LogP contribution in [-0.4, -0.2) is 24.6 Å². The summed E-state index contributed by atoms with van der Waals surface area (Å²) >= 11 is 0. The molecule has 16 heavy (non-hydrogen) atoms. The summed E-state index contributed by atoms with van der Waals surface area (Å²) in [5, 5.41) is 0. The van der Waals surface area contributed by atoms with Gasteiger partial charge in [0.2, 0.25) is 0 Å². The lowest BCUT2D eigenvalue weighted by Crippen LogP contribution is -1.74. The van der Waals surface area contributed by atoms with Gasteiger partial charge in [0.05, 0.1) is 11.0 Å². The summed E-state index contributed by atoms with van der Waals surface area (Å²) in [4.78, 5) is 29.1. The average molecular weight is 244 g/mol. The topological polar surface area (TPSA) is 106 Å². The van der Waals surface area contributed by atoms with Gasteiger partial charge in [-0.15, -0.1) is 0 Å². The molecule has 0 fully saturated rings. The first kappa shape index (κ1) is 12.9. The molecule has 0 atom stereocenters. The van der Waals surface area contributed by atoms with E-state index in [0.717, 1.165) is 16.9 Å². The Kier molecular flexibility index (Phi) is 3.83. The number of aromatic nitrogens is 2.